The molecule has 2 heteroatoms. The summed E-state index contributed by atoms with van der Waals surface area (Å²) >= 11 is 5.28. The van der Waals surface area contributed by atoms with Crippen LogP contribution in [0.4, 0.5) is 0 Å². The smallest absolute Gasteiger partial charge is 0.0587 e. The van der Waals surface area contributed by atoms with Crippen molar-refractivity contribution in [3.05, 3.63) is 59.8 Å². The molecule has 0 fully saturated rings. The summed E-state index contributed by atoms with van der Waals surface area (Å²) in [7, 11) is 0. The summed E-state index contributed by atoms with van der Waals surface area (Å²) in [6.07, 6.45) is 5.74. The first-order chi connectivity index (χ1) is 6.79. The molecule has 0 saturated heterocycles. The molecule has 70 valence electrons. The van der Waals surface area contributed by atoms with Gasteiger partial charge >= 0.3 is 0 Å². The Morgan fingerprint density at radius 2 is 1.86 bits per heavy atom. The van der Waals surface area contributed by atoms with Crippen LogP contribution in [0, 0.1) is 0 Å². The van der Waals surface area contributed by atoms with E-state index in [2.05, 4.69) is 12.1 Å². The van der Waals surface area contributed by atoms with Crippen molar-refractivity contribution in [2.45, 2.75) is 5.92 Å². The van der Waals surface area contributed by atoms with Crippen molar-refractivity contribution in [1.82, 2.24) is 0 Å². The number of allylic oxidation sites excluding steroid dienone is 4. The molecule has 1 aromatic rings. The highest BCUT2D eigenvalue weighted by Crippen LogP contribution is 2.26. The van der Waals surface area contributed by atoms with Gasteiger partial charge in [0.15, 0.2) is 0 Å². The highest BCUT2D eigenvalue weighted by molar-refractivity contribution is 7.80. The third-order valence-corrected chi connectivity index (χ3v) is 2.67. The van der Waals surface area contributed by atoms with Gasteiger partial charge in [0.2, 0.25) is 0 Å². The maximum atomic E-state index is 5.92. The van der Waals surface area contributed by atoms with Gasteiger partial charge in [-0.25, -0.2) is 0 Å². The van der Waals surface area contributed by atoms with Crippen molar-refractivity contribution < 1.29 is 0 Å². The zero-order valence-electron chi connectivity index (χ0n) is 7.68. The molecule has 1 aromatic carbocycles. The van der Waals surface area contributed by atoms with Gasteiger partial charge in [0, 0.05) is 10.6 Å². The van der Waals surface area contributed by atoms with E-state index in [1.165, 1.54) is 0 Å². The Labute approximate surface area is 88.9 Å². The minimum atomic E-state index is 0.0798. The second kappa shape index (κ2) is 3.76. The molecule has 1 aliphatic carbocycles. The Morgan fingerprint density at radius 1 is 1.14 bits per heavy atom. The highest BCUT2D eigenvalue weighted by atomic mass is 32.1. The molecule has 0 aromatic heterocycles. The first kappa shape index (κ1) is 9.16. The lowest BCUT2D eigenvalue weighted by Crippen LogP contribution is -2.18. The van der Waals surface area contributed by atoms with Crippen LogP contribution in [0.25, 0.3) is 0 Å². The Balaban J connectivity index is 2.40. The molecule has 1 unspecified atom stereocenters. The summed E-state index contributed by atoms with van der Waals surface area (Å²) in [5.74, 6) is 0.0798. The Morgan fingerprint density at radius 3 is 2.50 bits per heavy atom. The summed E-state index contributed by atoms with van der Waals surface area (Å²) in [5, 5.41) is 0. The molecule has 2 rings (SSSR count). The molecule has 0 spiro atoms. The van der Waals surface area contributed by atoms with Gasteiger partial charge in [-0.15, -0.1) is 0 Å². The second-order valence-corrected chi connectivity index (χ2v) is 3.74. The molecule has 1 aliphatic rings. The molecule has 0 heterocycles. The van der Waals surface area contributed by atoms with Crippen LogP contribution >= 0.6 is 12.2 Å². The number of benzene rings is 1. The van der Waals surface area contributed by atoms with E-state index in [9.17, 15) is 0 Å². The molecule has 2 N–H and O–H groups in total. The van der Waals surface area contributed by atoms with Gasteiger partial charge < -0.3 is 5.73 Å². The van der Waals surface area contributed by atoms with Gasteiger partial charge in [-0.05, 0) is 17.7 Å². The topological polar surface area (TPSA) is 26.0 Å². The average molecular weight is 201 g/mol. The highest BCUT2D eigenvalue weighted by Gasteiger charge is 2.19. The van der Waals surface area contributed by atoms with Crippen molar-refractivity contribution in [2.75, 3.05) is 0 Å². The van der Waals surface area contributed by atoms with E-state index >= 15 is 0 Å². The quantitative estimate of drug-likeness (QED) is 0.707. The average Bonchev–Trinajstić information content (AvgIpc) is 2.19. The predicted octanol–water partition coefficient (Wildman–Crippen LogP) is 2.55. The van der Waals surface area contributed by atoms with Gasteiger partial charge in [0.25, 0.3) is 0 Å². The molecular formula is C12H11NS. The number of hydrogen-bond acceptors (Lipinski definition) is 2. The molecule has 0 aliphatic heterocycles. The minimum absolute atomic E-state index is 0.0798. The zero-order chi connectivity index (χ0) is 9.97. The first-order valence-electron chi connectivity index (χ1n) is 4.51. The molecule has 0 amide bonds. The monoisotopic (exact) mass is 201 g/mol. The summed E-state index contributed by atoms with van der Waals surface area (Å²) in [4.78, 5) is 0.885. The van der Waals surface area contributed by atoms with Crippen LogP contribution in [0.5, 0.6) is 0 Å². The van der Waals surface area contributed by atoms with E-state index in [0.717, 1.165) is 16.1 Å². The number of rotatable bonds is 1. The van der Waals surface area contributed by atoms with Crippen molar-refractivity contribution in [2.24, 2.45) is 5.73 Å². The van der Waals surface area contributed by atoms with Crippen LogP contribution in [0.1, 0.15) is 11.5 Å². The summed E-state index contributed by atoms with van der Waals surface area (Å²) in [6, 6.07) is 10.1. The summed E-state index contributed by atoms with van der Waals surface area (Å²) in [5.41, 5.74) is 7.91. The summed E-state index contributed by atoms with van der Waals surface area (Å²) < 4.78 is 0. The van der Waals surface area contributed by atoms with Crippen LogP contribution in [-0.2, 0) is 0 Å². The zero-order valence-corrected chi connectivity index (χ0v) is 8.50. The third-order valence-electron chi connectivity index (χ3n) is 2.30. The van der Waals surface area contributed by atoms with Crippen LogP contribution in [0.3, 0.4) is 0 Å². The molecule has 1 nitrogen and oxygen atoms in total. The second-order valence-electron chi connectivity index (χ2n) is 3.27. The van der Waals surface area contributed by atoms with E-state index in [0.29, 0.717) is 0 Å². The largest absolute Gasteiger partial charge is 0.401 e. The third kappa shape index (κ3) is 1.61. The van der Waals surface area contributed by atoms with Gasteiger partial charge in [-0.1, -0.05) is 48.6 Å². The first-order valence-corrected chi connectivity index (χ1v) is 4.92. The van der Waals surface area contributed by atoms with Crippen LogP contribution in [0.15, 0.2) is 54.3 Å². The van der Waals surface area contributed by atoms with Crippen LogP contribution in [-0.4, -0.2) is 4.86 Å². The lowest BCUT2D eigenvalue weighted by atomic mass is 9.90. The van der Waals surface area contributed by atoms with E-state index in [1.807, 2.05) is 36.4 Å². The number of nitrogens with two attached hydrogens (primary N) is 1. The van der Waals surface area contributed by atoms with Crippen LogP contribution < -0.4 is 5.73 Å². The van der Waals surface area contributed by atoms with Crippen molar-refractivity contribution in [3.63, 3.8) is 0 Å². The fourth-order valence-electron chi connectivity index (χ4n) is 1.61. The van der Waals surface area contributed by atoms with E-state index in [1.54, 1.807) is 0 Å². The fraction of sp³-hybridized carbons (Fsp3) is 0.0833. The van der Waals surface area contributed by atoms with E-state index in [-0.39, 0.29) is 5.92 Å². The Kier molecular flexibility index (Phi) is 2.46. The lowest BCUT2D eigenvalue weighted by molar-refractivity contribution is 1.03. The summed E-state index contributed by atoms with van der Waals surface area (Å²) in [6.45, 7) is 0. The minimum Gasteiger partial charge on any atom is -0.401 e. The molecule has 0 saturated carbocycles. The maximum absolute atomic E-state index is 5.92. The van der Waals surface area contributed by atoms with Crippen molar-refractivity contribution in [1.29, 1.82) is 0 Å². The van der Waals surface area contributed by atoms with Gasteiger partial charge in [0.1, 0.15) is 0 Å². The fourth-order valence-corrected chi connectivity index (χ4v) is 1.96. The molecule has 14 heavy (non-hydrogen) atoms. The van der Waals surface area contributed by atoms with E-state index < -0.39 is 0 Å². The van der Waals surface area contributed by atoms with Crippen LogP contribution in [0.2, 0.25) is 0 Å². The SMILES string of the molecule is NC1=CC=CC(=S)C1c1ccccc1. The van der Waals surface area contributed by atoms with Gasteiger partial charge in [-0.3, -0.25) is 0 Å². The van der Waals surface area contributed by atoms with Gasteiger partial charge in [0.05, 0.1) is 5.92 Å². The maximum Gasteiger partial charge on any atom is 0.0587 e. The standard InChI is InChI=1S/C12H11NS/c13-10-7-4-8-11(14)12(10)9-5-2-1-3-6-9/h1-8,12H,13H2. The lowest BCUT2D eigenvalue weighted by Gasteiger charge is -2.19. The van der Waals surface area contributed by atoms with Crippen molar-refractivity contribution in [3.8, 4) is 0 Å². The molecule has 0 bridgehead atoms. The Bertz CT molecular complexity index is 404. The normalized spacial score (nSPS) is 20.7. The molecule has 1 atom stereocenters. The Hall–Kier alpha value is -1.41. The van der Waals surface area contributed by atoms with Crippen molar-refractivity contribution >= 4 is 17.1 Å². The predicted molar refractivity (Wildman–Crippen MR) is 63.2 cm³/mol. The van der Waals surface area contributed by atoms with Gasteiger partial charge in [-0.2, -0.15) is 0 Å². The van der Waals surface area contributed by atoms with E-state index in [4.69, 9.17) is 18.0 Å². The number of thiocarbonyl (C=S) groups is 1. The number of hydrogen-bond donors (Lipinski definition) is 1. The molecular weight excluding hydrogens is 190 g/mol. The molecule has 0 radical (unpaired) electrons.